The first-order chi connectivity index (χ1) is 7.27. The third-order valence-electron chi connectivity index (χ3n) is 1.93. The number of ether oxygens (including phenoxy) is 2. The van der Waals surface area contributed by atoms with Crippen LogP contribution in [0.2, 0.25) is 0 Å². The monoisotopic (exact) mass is 208 g/mol. The van der Waals surface area contributed by atoms with Crippen molar-refractivity contribution >= 4 is 5.78 Å². The number of carbonyl (C=O) groups is 1. The molecule has 82 valence electrons. The molecule has 0 saturated heterocycles. The first-order valence-electron chi connectivity index (χ1n) is 5.14. The Morgan fingerprint density at radius 2 is 1.73 bits per heavy atom. The Morgan fingerprint density at radius 3 is 2.27 bits per heavy atom. The zero-order chi connectivity index (χ0) is 11.1. The van der Waals surface area contributed by atoms with Crippen molar-refractivity contribution in [1.82, 2.24) is 0 Å². The second-order valence-electron chi connectivity index (χ2n) is 3.06. The minimum atomic E-state index is 0.0845. The summed E-state index contributed by atoms with van der Waals surface area (Å²) in [5, 5.41) is 0. The first-order valence-corrected chi connectivity index (χ1v) is 5.14. The van der Waals surface area contributed by atoms with Crippen LogP contribution in [0.15, 0.2) is 24.3 Å². The fourth-order valence-corrected chi connectivity index (χ4v) is 1.10. The summed E-state index contributed by atoms with van der Waals surface area (Å²) in [6.45, 7) is 4.43. The van der Waals surface area contributed by atoms with Crippen molar-refractivity contribution in [1.29, 1.82) is 0 Å². The Balaban J connectivity index is 2.62. The number of rotatable bonds is 6. The van der Waals surface area contributed by atoms with Gasteiger partial charge in [-0.15, -0.1) is 0 Å². The van der Waals surface area contributed by atoms with E-state index in [1.807, 2.05) is 32.0 Å². The van der Waals surface area contributed by atoms with Gasteiger partial charge in [0.2, 0.25) is 0 Å². The predicted molar refractivity (Wildman–Crippen MR) is 58.4 cm³/mol. The largest absolute Gasteiger partial charge is 0.490 e. The van der Waals surface area contributed by atoms with Gasteiger partial charge in [-0.2, -0.15) is 0 Å². The predicted octanol–water partition coefficient (Wildman–Crippen LogP) is 2.44. The summed E-state index contributed by atoms with van der Waals surface area (Å²) >= 11 is 0. The highest BCUT2D eigenvalue weighted by atomic mass is 16.5. The van der Waals surface area contributed by atoms with Crippen molar-refractivity contribution in [3.63, 3.8) is 0 Å². The number of ketones is 1. The van der Waals surface area contributed by atoms with E-state index < -0.39 is 0 Å². The maximum absolute atomic E-state index is 11.1. The van der Waals surface area contributed by atoms with E-state index in [9.17, 15) is 4.79 Å². The van der Waals surface area contributed by atoms with Crippen LogP contribution in [-0.4, -0.2) is 19.0 Å². The molecule has 0 aliphatic carbocycles. The lowest BCUT2D eigenvalue weighted by Crippen LogP contribution is -2.10. The summed E-state index contributed by atoms with van der Waals surface area (Å²) in [4.78, 5) is 11.1. The van der Waals surface area contributed by atoms with Crippen LogP contribution in [0.25, 0.3) is 0 Å². The van der Waals surface area contributed by atoms with Crippen LogP contribution >= 0.6 is 0 Å². The molecule has 3 nitrogen and oxygen atoms in total. The van der Waals surface area contributed by atoms with E-state index >= 15 is 0 Å². The highest BCUT2D eigenvalue weighted by Gasteiger charge is 2.05. The fourth-order valence-electron chi connectivity index (χ4n) is 1.10. The van der Waals surface area contributed by atoms with Gasteiger partial charge in [-0.1, -0.05) is 19.1 Å². The zero-order valence-electron chi connectivity index (χ0n) is 9.16. The van der Waals surface area contributed by atoms with Crippen molar-refractivity contribution in [2.45, 2.75) is 20.3 Å². The van der Waals surface area contributed by atoms with Gasteiger partial charge in [-0.05, 0) is 19.1 Å². The quantitative estimate of drug-likeness (QED) is 0.720. The van der Waals surface area contributed by atoms with Crippen molar-refractivity contribution < 1.29 is 14.3 Å². The van der Waals surface area contributed by atoms with Gasteiger partial charge in [0.1, 0.15) is 6.61 Å². The smallest absolute Gasteiger partial charge is 0.169 e. The molecule has 0 aromatic heterocycles. The molecular formula is C12H16O3. The molecule has 1 aromatic carbocycles. The van der Waals surface area contributed by atoms with Crippen LogP contribution in [0.3, 0.4) is 0 Å². The van der Waals surface area contributed by atoms with Gasteiger partial charge in [-0.3, -0.25) is 4.79 Å². The van der Waals surface area contributed by atoms with Crippen LogP contribution in [0.1, 0.15) is 20.3 Å². The van der Waals surface area contributed by atoms with Gasteiger partial charge >= 0.3 is 0 Å². The fraction of sp³-hybridized carbons (Fsp3) is 0.417. The van der Waals surface area contributed by atoms with Crippen molar-refractivity contribution in [2.24, 2.45) is 0 Å². The zero-order valence-corrected chi connectivity index (χ0v) is 9.16. The topological polar surface area (TPSA) is 35.5 Å². The molecule has 0 radical (unpaired) electrons. The van der Waals surface area contributed by atoms with Crippen LogP contribution in [0.4, 0.5) is 0 Å². The Morgan fingerprint density at radius 1 is 1.13 bits per heavy atom. The van der Waals surface area contributed by atoms with E-state index in [-0.39, 0.29) is 12.4 Å². The van der Waals surface area contributed by atoms with Crippen molar-refractivity contribution in [3.8, 4) is 11.5 Å². The highest BCUT2D eigenvalue weighted by molar-refractivity contribution is 5.79. The lowest BCUT2D eigenvalue weighted by atomic mass is 10.3. The second-order valence-corrected chi connectivity index (χ2v) is 3.06. The summed E-state index contributed by atoms with van der Waals surface area (Å²) < 4.78 is 10.7. The molecule has 0 aliphatic rings. The van der Waals surface area contributed by atoms with E-state index in [1.54, 1.807) is 6.07 Å². The Hall–Kier alpha value is -1.51. The molecule has 0 N–H and O–H groups in total. The standard InChI is InChI=1S/C12H16O3/c1-3-10(13)9-15-12-8-6-5-7-11(12)14-4-2/h5-8H,3-4,9H2,1-2H3. The number of hydrogen-bond donors (Lipinski definition) is 0. The molecule has 3 heteroatoms. The summed E-state index contributed by atoms with van der Waals surface area (Å²) in [5.41, 5.74) is 0. The summed E-state index contributed by atoms with van der Waals surface area (Å²) in [6, 6.07) is 7.36. The summed E-state index contributed by atoms with van der Waals surface area (Å²) in [7, 11) is 0. The number of benzene rings is 1. The van der Waals surface area contributed by atoms with Crippen molar-refractivity contribution in [2.75, 3.05) is 13.2 Å². The number of Topliss-reactive ketones (excluding diaryl/α,β-unsaturated/α-hetero) is 1. The van der Waals surface area contributed by atoms with E-state index in [1.165, 1.54) is 0 Å². The van der Waals surface area contributed by atoms with Crippen molar-refractivity contribution in [3.05, 3.63) is 24.3 Å². The average molecular weight is 208 g/mol. The molecule has 0 aliphatic heterocycles. The molecule has 0 amide bonds. The minimum Gasteiger partial charge on any atom is -0.490 e. The van der Waals surface area contributed by atoms with Gasteiger partial charge in [0.25, 0.3) is 0 Å². The molecule has 0 unspecified atom stereocenters. The van der Waals surface area contributed by atoms with Crippen LogP contribution in [0, 0.1) is 0 Å². The Bertz CT molecular complexity index is 320. The maximum atomic E-state index is 11.1. The Kier molecular flexibility index (Phi) is 4.68. The minimum absolute atomic E-state index is 0.0845. The van der Waals surface area contributed by atoms with Gasteiger partial charge in [-0.25, -0.2) is 0 Å². The molecule has 1 rings (SSSR count). The first kappa shape index (κ1) is 11.6. The molecule has 1 aromatic rings. The third kappa shape index (κ3) is 3.62. The maximum Gasteiger partial charge on any atom is 0.169 e. The number of carbonyl (C=O) groups excluding carboxylic acids is 1. The average Bonchev–Trinajstić information content (AvgIpc) is 2.28. The van der Waals surface area contributed by atoms with E-state index in [0.717, 1.165) is 0 Å². The van der Waals surface area contributed by atoms with Crippen LogP contribution in [-0.2, 0) is 4.79 Å². The number of hydrogen-bond acceptors (Lipinski definition) is 3. The van der Waals surface area contributed by atoms with Gasteiger partial charge in [0.15, 0.2) is 17.3 Å². The van der Waals surface area contributed by atoms with E-state index in [4.69, 9.17) is 9.47 Å². The SMILES string of the molecule is CCOc1ccccc1OCC(=O)CC. The van der Waals surface area contributed by atoms with Gasteiger partial charge in [0.05, 0.1) is 6.61 Å². The molecular weight excluding hydrogens is 192 g/mol. The van der Waals surface area contributed by atoms with Crippen LogP contribution < -0.4 is 9.47 Å². The Labute approximate surface area is 90.0 Å². The highest BCUT2D eigenvalue weighted by Crippen LogP contribution is 2.26. The molecule has 0 heterocycles. The summed E-state index contributed by atoms with van der Waals surface area (Å²) in [5.74, 6) is 1.39. The third-order valence-corrected chi connectivity index (χ3v) is 1.93. The second kappa shape index (κ2) is 6.06. The normalized spacial score (nSPS) is 9.73. The molecule has 15 heavy (non-hydrogen) atoms. The molecule has 0 bridgehead atoms. The van der Waals surface area contributed by atoms with Gasteiger partial charge < -0.3 is 9.47 Å². The molecule has 0 atom stereocenters. The van der Waals surface area contributed by atoms with E-state index in [2.05, 4.69) is 0 Å². The number of para-hydroxylation sites is 2. The molecule has 0 spiro atoms. The van der Waals surface area contributed by atoms with Crippen LogP contribution in [0.5, 0.6) is 11.5 Å². The lowest BCUT2D eigenvalue weighted by Gasteiger charge is -2.10. The lowest BCUT2D eigenvalue weighted by molar-refractivity contribution is -0.120. The van der Waals surface area contributed by atoms with E-state index in [0.29, 0.717) is 24.5 Å². The van der Waals surface area contributed by atoms with Gasteiger partial charge in [0, 0.05) is 6.42 Å². The molecule has 0 fully saturated rings. The molecule has 0 saturated carbocycles. The summed E-state index contributed by atoms with van der Waals surface area (Å²) in [6.07, 6.45) is 0.497.